The van der Waals surface area contributed by atoms with E-state index in [9.17, 15) is 4.79 Å². The Morgan fingerprint density at radius 1 is 1.47 bits per heavy atom. The van der Waals surface area contributed by atoms with E-state index in [4.69, 9.17) is 5.73 Å². The summed E-state index contributed by atoms with van der Waals surface area (Å²) in [6.45, 7) is 2.79. The molecule has 2 rings (SSSR count). The third kappa shape index (κ3) is 4.43. The van der Waals surface area contributed by atoms with Gasteiger partial charge >= 0.3 is 0 Å². The maximum Gasteiger partial charge on any atom is 0.263 e. The van der Waals surface area contributed by atoms with Crippen molar-refractivity contribution >= 4 is 53.4 Å². The topological polar surface area (TPSA) is 68.0 Å². The molecule has 8 heteroatoms. The molecule has 19 heavy (non-hydrogen) atoms. The lowest BCUT2D eigenvalue weighted by Gasteiger charge is -2.00. The van der Waals surface area contributed by atoms with Crippen molar-refractivity contribution in [3.63, 3.8) is 0 Å². The van der Waals surface area contributed by atoms with Crippen molar-refractivity contribution in [3.05, 3.63) is 28.1 Å². The van der Waals surface area contributed by atoms with Crippen molar-refractivity contribution in [3.8, 4) is 9.88 Å². The van der Waals surface area contributed by atoms with Crippen LogP contribution in [0.1, 0.15) is 15.4 Å². The van der Waals surface area contributed by atoms with Crippen molar-refractivity contribution in [2.24, 2.45) is 5.73 Å². The second-order valence-electron chi connectivity index (χ2n) is 3.46. The SMILES string of the molecule is Cc1nc(-c2cccs2)sc1C(=O)NCCN.Cl.Cl. The van der Waals surface area contributed by atoms with Gasteiger partial charge in [0.25, 0.3) is 5.91 Å². The van der Waals surface area contributed by atoms with Gasteiger partial charge in [-0.2, -0.15) is 0 Å². The number of hydrogen-bond acceptors (Lipinski definition) is 5. The normalized spacial score (nSPS) is 9.37. The van der Waals surface area contributed by atoms with Crippen LogP contribution in [0.3, 0.4) is 0 Å². The van der Waals surface area contributed by atoms with Gasteiger partial charge in [0, 0.05) is 13.1 Å². The molecule has 0 saturated carbocycles. The number of rotatable bonds is 4. The summed E-state index contributed by atoms with van der Waals surface area (Å²) in [5.41, 5.74) is 6.12. The molecule has 0 radical (unpaired) electrons. The first-order chi connectivity index (χ1) is 8.22. The number of thiophene rings is 1. The zero-order valence-corrected chi connectivity index (χ0v) is 13.5. The van der Waals surface area contributed by atoms with Gasteiger partial charge in [0.2, 0.25) is 0 Å². The molecule has 0 aliphatic rings. The number of carbonyl (C=O) groups excluding carboxylic acids is 1. The molecule has 0 unspecified atom stereocenters. The van der Waals surface area contributed by atoms with Crippen molar-refractivity contribution in [2.45, 2.75) is 6.92 Å². The fraction of sp³-hybridized carbons (Fsp3) is 0.273. The van der Waals surface area contributed by atoms with Crippen LogP contribution in [0.15, 0.2) is 17.5 Å². The predicted octanol–water partition coefficient (Wildman–Crippen LogP) is 2.71. The number of nitrogens with zero attached hydrogens (tertiary/aromatic N) is 1. The molecule has 0 spiro atoms. The first kappa shape index (κ1) is 18.3. The molecule has 106 valence electrons. The zero-order chi connectivity index (χ0) is 12.3. The third-order valence-corrected chi connectivity index (χ3v) is 4.36. The maximum absolute atomic E-state index is 11.8. The van der Waals surface area contributed by atoms with Crippen LogP contribution in [0.25, 0.3) is 9.88 Å². The molecule has 4 nitrogen and oxygen atoms in total. The molecule has 3 N–H and O–H groups in total. The van der Waals surface area contributed by atoms with E-state index in [1.165, 1.54) is 11.3 Å². The van der Waals surface area contributed by atoms with Gasteiger partial charge in [-0.05, 0) is 18.4 Å². The summed E-state index contributed by atoms with van der Waals surface area (Å²) in [4.78, 5) is 18.0. The number of halogens is 2. The highest BCUT2D eigenvalue weighted by molar-refractivity contribution is 7.22. The Morgan fingerprint density at radius 2 is 2.21 bits per heavy atom. The van der Waals surface area contributed by atoms with Crippen LogP contribution in [0, 0.1) is 6.92 Å². The molecule has 2 aromatic heterocycles. The highest BCUT2D eigenvalue weighted by Gasteiger charge is 2.15. The molecular formula is C11H15Cl2N3OS2. The second-order valence-corrected chi connectivity index (χ2v) is 5.40. The van der Waals surface area contributed by atoms with E-state index in [1.807, 2.05) is 24.4 Å². The first-order valence-corrected chi connectivity index (χ1v) is 6.91. The van der Waals surface area contributed by atoms with E-state index in [-0.39, 0.29) is 30.7 Å². The van der Waals surface area contributed by atoms with E-state index < -0.39 is 0 Å². The number of nitrogens with one attached hydrogen (secondary N) is 1. The molecule has 0 aliphatic heterocycles. The van der Waals surface area contributed by atoms with Crippen LogP contribution < -0.4 is 11.1 Å². The summed E-state index contributed by atoms with van der Waals surface area (Å²) in [6.07, 6.45) is 0. The third-order valence-electron chi connectivity index (χ3n) is 2.16. The van der Waals surface area contributed by atoms with E-state index in [0.29, 0.717) is 18.0 Å². The number of aryl methyl sites for hydroxylation is 1. The molecule has 0 atom stereocenters. The zero-order valence-electron chi connectivity index (χ0n) is 10.2. The maximum atomic E-state index is 11.8. The summed E-state index contributed by atoms with van der Waals surface area (Å²) in [7, 11) is 0. The smallest absolute Gasteiger partial charge is 0.263 e. The largest absolute Gasteiger partial charge is 0.350 e. The van der Waals surface area contributed by atoms with Gasteiger partial charge < -0.3 is 11.1 Å². The Labute approximate surface area is 132 Å². The van der Waals surface area contributed by atoms with Crippen LogP contribution in [-0.2, 0) is 0 Å². The first-order valence-electron chi connectivity index (χ1n) is 5.22. The molecule has 1 amide bonds. The summed E-state index contributed by atoms with van der Waals surface area (Å²) >= 11 is 3.05. The van der Waals surface area contributed by atoms with Crippen LogP contribution in [-0.4, -0.2) is 24.0 Å². The van der Waals surface area contributed by atoms with Gasteiger partial charge in [0.1, 0.15) is 9.88 Å². The Morgan fingerprint density at radius 3 is 2.79 bits per heavy atom. The molecule has 2 heterocycles. The fourth-order valence-corrected chi connectivity index (χ4v) is 3.16. The van der Waals surface area contributed by atoms with Gasteiger partial charge in [-0.15, -0.1) is 47.5 Å². The molecule has 0 saturated heterocycles. The quantitative estimate of drug-likeness (QED) is 0.899. The predicted molar refractivity (Wildman–Crippen MR) is 86.0 cm³/mol. The minimum absolute atomic E-state index is 0. The van der Waals surface area contributed by atoms with E-state index in [0.717, 1.165) is 15.6 Å². The van der Waals surface area contributed by atoms with Gasteiger partial charge in [0.15, 0.2) is 0 Å². The molecule has 0 aromatic carbocycles. The standard InChI is InChI=1S/C11H13N3OS2.2ClH/c1-7-9(10(15)13-5-4-12)17-11(14-7)8-3-2-6-16-8;;/h2-3,6H,4-5,12H2,1H3,(H,13,15);2*1H. The van der Waals surface area contributed by atoms with Crippen LogP contribution in [0.5, 0.6) is 0 Å². The van der Waals surface area contributed by atoms with Gasteiger partial charge in [0.05, 0.1) is 10.6 Å². The summed E-state index contributed by atoms with van der Waals surface area (Å²) in [5, 5.41) is 5.66. The van der Waals surface area contributed by atoms with Crippen molar-refractivity contribution < 1.29 is 4.79 Å². The van der Waals surface area contributed by atoms with E-state index in [1.54, 1.807) is 11.3 Å². The van der Waals surface area contributed by atoms with Crippen molar-refractivity contribution in [1.29, 1.82) is 0 Å². The molecule has 2 aromatic rings. The van der Waals surface area contributed by atoms with Crippen molar-refractivity contribution in [1.82, 2.24) is 10.3 Å². The number of nitrogens with two attached hydrogens (primary N) is 1. The fourth-order valence-electron chi connectivity index (χ4n) is 1.38. The van der Waals surface area contributed by atoms with Crippen molar-refractivity contribution in [2.75, 3.05) is 13.1 Å². The highest BCUT2D eigenvalue weighted by Crippen LogP contribution is 2.30. The summed E-state index contributed by atoms with van der Waals surface area (Å²) in [5.74, 6) is -0.0896. The Hall–Kier alpha value is -0.660. The number of thiazole rings is 1. The minimum atomic E-state index is -0.0896. The molecule has 0 aliphatic carbocycles. The van der Waals surface area contributed by atoms with Gasteiger partial charge in [-0.1, -0.05) is 6.07 Å². The lowest BCUT2D eigenvalue weighted by atomic mass is 10.3. The van der Waals surface area contributed by atoms with E-state index in [2.05, 4.69) is 10.3 Å². The van der Waals surface area contributed by atoms with Crippen LogP contribution >= 0.6 is 47.5 Å². The molecule has 0 bridgehead atoms. The van der Waals surface area contributed by atoms with Crippen LogP contribution in [0.4, 0.5) is 0 Å². The molecule has 0 fully saturated rings. The lowest BCUT2D eigenvalue weighted by molar-refractivity contribution is 0.0958. The van der Waals surface area contributed by atoms with E-state index >= 15 is 0 Å². The Bertz CT molecular complexity index is 514. The Balaban J connectivity index is 0.00000162. The summed E-state index contributed by atoms with van der Waals surface area (Å²) < 4.78 is 0. The van der Waals surface area contributed by atoms with Gasteiger partial charge in [-0.3, -0.25) is 4.79 Å². The average molecular weight is 340 g/mol. The Kier molecular flexibility index (Phi) is 8.20. The van der Waals surface area contributed by atoms with Crippen LogP contribution in [0.2, 0.25) is 0 Å². The number of aromatic nitrogens is 1. The monoisotopic (exact) mass is 339 g/mol. The highest BCUT2D eigenvalue weighted by atomic mass is 35.5. The number of amides is 1. The van der Waals surface area contributed by atoms with Gasteiger partial charge in [-0.25, -0.2) is 4.98 Å². The average Bonchev–Trinajstić information content (AvgIpc) is 2.94. The second kappa shape index (κ2) is 8.50. The molecular weight excluding hydrogens is 325 g/mol. The minimum Gasteiger partial charge on any atom is -0.350 e. The number of hydrogen-bond donors (Lipinski definition) is 2. The lowest BCUT2D eigenvalue weighted by Crippen LogP contribution is -2.28. The number of carbonyl (C=O) groups is 1. The summed E-state index contributed by atoms with van der Waals surface area (Å²) in [6, 6.07) is 3.98.